The van der Waals surface area contributed by atoms with Crippen molar-refractivity contribution in [3.05, 3.63) is 90.5 Å². The maximum absolute atomic E-state index is 7.42. The standard InChI is InChI=1S/C23H21N5/c1-16(26-27-23(24)25)21-19-14-8-9-15-20(19)28(18-12-6-3-7-13-18)22(21)17-10-4-2-5-11-17/h2-15H,1H3,(H4,24,25,27)/b26-16-. The van der Waals surface area contributed by atoms with E-state index in [1.165, 1.54) is 0 Å². The fourth-order valence-electron chi connectivity index (χ4n) is 3.52. The summed E-state index contributed by atoms with van der Waals surface area (Å²) in [5.41, 5.74) is 14.1. The Labute approximate surface area is 163 Å². The average Bonchev–Trinajstić information content (AvgIpc) is 3.08. The lowest BCUT2D eigenvalue weighted by Crippen LogP contribution is -2.26. The molecular formula is C23H21N5. The Morgan fingerprint density at radius 3 is 2.18 bits per heavy atom. The van der Waals surface area contributed by atoms with Crippen LogP contribution >= 0.6 is 0 Å². The molecule has 0 atom stereocenters. The van der Waals surface area contributed by atoms with Crippen LogP contribution in [-0.4, -0.2) is 16.2 Å². The van der Waals surface area contributed by atoms with E-state index in [1.54, 1.807) is 0 Å². The third-order valence-electron chi connectivity index (χ3n) is 4.64. The van der Waals surface area contributed by atoms with Crippen LogP contribution in [0.15, 0.2) is 90.0 Å². The van der Waals surface area contributed by atoms with Crippen molar-refractivity contribution in [3.8, 4) is 16.9 Å². The normalized spacial score (nSPS) is 11.5. The monoisotopic (exact) mass is 367 g/mol. The van der Waals surface area contributed by atoms with Gasteiger partial charge in [0.2, 0.25) is 5.96 Å². The fourth-order valence-corrected chi connectivity index (χ4v) is 3.52. The number of fused-ring (bicyclic) bond motifs is 1. The number of hydrogen-bond donors (Lipinski definition) is 3. The van der Waals surface area contributed by atoms with Gasteiger partial charge in [0.05, 0.1) is 16.9 Å². The average molecular weight is 367 g/mol. The molecule has 4 N–H and O–H groups in total. The van der Waals surface area contributed by atoms with Gasteiger partial charge in [-0.25, -0.2) is 5.43 Å². The second kappa shape index (κ2) is 7.40. The van der Waals surface area contributed by atoms with Crippen molar-refractivity contribution in [3.63, 3.8) is 0 Å². The molecule has 0 aliphatic carbocycles. The summed E-state index contributed by atoms with van der Waals surface area (Å²) in [6.07, 6.45) is 0. The molecule has 0 saturated heterocycles. The van der Waals surface area contributed by atoms with Crippen molar-refractivity contribution in [1.82, 2.24) is 9.99 Å². The summed E-state index contributed by atoms with van der Waals surface area (Å²) in [5, 5.41) is 12.9. The Morgan fingerprint density at radius 2 is 1.50 bits per heavy atom. The lowest BCUT2D eigenvalue weighted by molar-refractivity contribution is 0.992. The summed E-state index contributed by atoms with van der Waals surface area (Å²) in [6, 6.07) is 28.9. The van der Waals surface area contributed by atoms with E-state index in [4.69, 9.17) is 11.1 Å². The van der Waals surface area contributed by atoms with Crippen LogP contribution in [0.3, 0.4) is 0 Å². The third kappa shape index (κ3) is 3.14. The molecule has 138 valence electrons. The van der Waals surface area contributed by atoms with Gasteiger partial charge >= 0.3 is 0 Å². The summed E-state index contributed by atoms with van der Waals surface area (Å²) < 4.78 is 2.26. The molecule has 28 heavy (non-hydrogen) atoms. The van der Waals surface area contributed by atoms with Crippen LogP contribution in [0.5, 0.6) is 0 Å². The van der Waals surface area contributed by atoms with Crippen molar-refractivity contribution in [2.24, 2.45) is 10.8 Å². The topological polar surface area (TPSA) is 79.2 Å². The molecular weight excluding hydrogens is 346 g/mol. The van der Waals surface area contributed by atoms with Gasteiger partial charge in [-0.15, -0.1) is 0 Å². The number of nitrogens with one attached hydrogen (secondary N) is 2. The van der Waals surface area contributed by atoms with E-state index in [9.17, 15) is 0 Å². The van der Waals surface area contributed by atoms with E-state index in [0.717, 1.165) is 39.1 Å². The zero-order valence-corrected chi connectivity index (χ0v) is 15.6. The van der Waals surface area contributed by atoms with Crippen LogP contribution < -0.4 is 11.2 Å². The van der Waals surface area contributed by atoms with Gasteiger partial charge in [-0.3, -0.25) is 5.41 Å². The van der Waals surface area contributed by atoms with Crippen molar-refractivity contribution >= 4 is 22.6 Å². The molecule has 0 unspecified atom stereocenters. The molecule has 0 fully saturated rings. The zero-order chi connectivity index (χ0) is 19.5. The largest absolute Gasteiger partial charge is 0.369 e. The second-order valence-corrected chi connectivity index (χ2v) is 6.50. The summed E-state index contributed by atoms with van der Waals surface area (Å²) in [4.78, 5) is 0. The van der Waals surface area contributed by atoms with Gasteiger partial charge in [-0.2, -0.15) is 5.10 Å². The molecule has 0 spiro atoms. The molecule has 0 radical (unpaired) electrons. The number of rotatable bonds is 4. The second-order valence-electron chi connectivity index (χ2n) is 6.50. The van der Waals surface area contributed by atoms with Crippen LogP contribution in [0.25, 0.3) is 27.8 Å². The molecule has 4 aromatic rings. The molecule has 0 aliphatic heterocycles. The minimum Gasteiger partial charge on any atom is -0.369 e. The highest BCUT2D eigenvalue weighted by Crippen LogP contribution is 2.36. The Bertz CT molecular complexity index is 1160. The van der Waals surface area contributed by atoms with Crippen molar-refractivity contribution in [1.29, 1.82) is 5.41 Å². The smallest absolute Gasteiger partial charge is 0.206 e. The minimum absolute atomic E-state index is 0.188. The van der Waals surface area contributed by atoms with Gasteiger partial charge < -0.3 is 10.3 Å². The van der Waals surface area contributed by atoms with Crippen LogP contribution in [-0.2, 0) is 0 Å². The van der Waals surface area contributed by atoms with Gasteiger partial charge in [0.1, 0.15) is 0 Å². The van der Waals surface area contributed by atoms with E-state index < -0.39 is 0 Å². The van der Waals surface area contributed by atoms with Crippen molar-refractivity contribution < 1.29 is 0 Å². The van der Waals surface area contributed by atoms with Crippen LogP contribution in [0.2, 0.25) is 0 Å². The Hall–Kier alpha value is -3.86. The number of hydrogen-bond acceptors (Lipinski definition) is 2. The quantitative estimate of drug-likeness (QED) is 0.282. The van der Waals surface area contributed by atoms with Gasteiger partial charge in [0, 0.05) is 16.6 Å². The number of benzene rings is 3. The maximum Gasteiger partial charge on any atom is 0.206 e. The van der Waals surface area contributed by atoms with Crippen LogP contribution in [0.1, 0.15) is 12.5 Å². The summed E-state index contributed by atoms with van der Waals surface area (Å²) >= 11 is 0. The molecule has 0 bridgehead atoms. The van der Waals surface area contributed by atoms with E-state index in [0.29, 0.717) is 0 Å². The first-order chi connectivity index (χ1) is 13.7. The molecule has 5 nitrogen and oxygen atoms in total. The van der Waals surface area contributed by atoms with Crippen molar-refractivity contribution in [2.75, 3.05) is 0 Å². The van der Waals surface area contributed by atoms with E-state index in [1.807, 2.05) is 55.5 Å². The van der Waals surface area contributed by atoms with Crippen molar-refractivity contribution in [2.45, 2.75) is 6.92 Å². The lowest BCUT2D eigenvalue weighted by Gasteiger charge is -2.13. The molecule has 1 heterocycles. The molecule has 3 aromatic carbocycles. The molecule has 4 rings (SSSR count). The number of para-hydroxylation sites is 2. The molecule has 5 heteroatoms. The molecule has 0 aliphatic rings. The Kier molecular flexibility index (Phi) is 4.64. The van der Waals surface area contributed by atoms with Gasteiger partial charge in [0.15, 0.2) is 0 Å². The van der Waals surface area contributed by atoms with Crippen LogP contribution in [0.4, 0.5) is 0 Å². The van der Waals surface area contributed by atoms with E-state index in [-0.39, 0.29) is 5.96 Å². The molecule has 1 aromatic heterocycles. The number of hydrazone groups is 1. The zero-order valence-electron chi connectivity index (χ0n) is 15.6. The van der Waals surface area contributed by atoms with E-state index in [2.05, 4.69) is 51.5 Å². The van der Waals surface area contributed by atoms with Gasteiger partial charge in [-0.1, -0.05) is 66.7 Å². The SMILES string of the molecule is C/C(=N/NC(=N)N)c1c(-c2ccccc2)n(-c2ccccc2)c2ccccc12. The van der Waals surface area contributed by atoms with Gasteiger partial charge in [-0.05, 0) is 30.7 Å². The first-order valence-electron chi connectivity index (χ1n) is 9.06. The summed E-state index contributed by atoms with van der Waals surface area (Å²) in [6.45, 7) is 1.93. The number of guanidine groups is 1. The molecule has 0 amide bonds. The number of nitrogens with two attached hydrogens (primary N) is 1. The minimum atomic E-state index is -0.188. The number of nitrogens with zero attached hydrogens (tertiary/aromatic N) is 2. The fraction of sp³-hybridized carbons (Fsp3) is 0.0435. The predicted molar refractivity (Wildman–Crippen MR) is 116 cm³/mol. The first-order valence-corrected chi connectivity index (χ1v) is 9.06. The van der Waals surface area contributed by atoms with Crippen LogP contribution in [0, 0.1) is 5.41 Å². The van der Waals surface area contributed by atoms with Gasteiger partial charge in [0.25, 0.3) is 0 Å². The van der Waals surface area contributed by atoms with E-state index >= 15 is 0 Å². The Morgan fingerprint density at radius 1 is 0.893 bits per heavy atom. The summed E-state index contributed by atoms with van der Waals surface area (Å²) in [5.74, 6) is -0.188. The highest BCUT2D eigenvalue weighted by atomic mass is 15.3. The lowest BCUT2D eigenvalue weighted by atomic mass is 10.0. The molecule has 0 saturated carbocycles. The highest BCUT2D eigenvalue weighted by molar-refractivity contribution is 6.15. The Balaban J connectivity index is 2.11. The third-order valence-corrected chi connectivity index (χ3v) is 4.64. The highest BCUT2D eigenvalue weighted by Gasteiger charge is 2.21. The first kappa shape index (κ1) is 17.5. The predicted octanol–water partition coefficient (Wildman–Crippen LogP) is 4.50. The maximum atomic E-state index is 7.42. The summed E-state index contributed by atoms with van der Waals surface area (Å²) in [7, 11) is 0. The number of aromatic nitrogens is 1.